The van der Waals surface area contributed by atoms with Crippen molar-refractivity contribution in [2.75, 3.05) is 26.7 Å². The molecular weight excluding hydrogens is 248 g/mol. The minimum absolute atomic E-state index is 0.196. The summed E-state index contributed by atoms with van der Waals surface area (Å²) in [6.45, 7) is 13.2. The summed E-state index contributed by atoms with van der Waals surface area (Å²) in [7, 11) is 1.76. The molecule has 1 saturated heterocycles. The van der Waals surface area contributed by atoms with Crippen LogP contribution >= 0.6 is 0 Å². The first-order valence-electron chi connectivity index (χ1n) is 7.55. The van der Waals surface area contributed by atoms with Crippen LogP contribution in [0.1, 0.15) is 44.7 Å². The first-order valence-corrected chi connectivity index (χ1v) is 7.55. The number of hydrogen-bond donors (Lipinski definition) is 1. The van der Waals surface area contributed by atoms with Gasteiger partial charge in [-0.1, -0.05) is 26.0 Å². The lowest BCUT2D eigenvalue weighted by Crippen LogP contribution is -2.56. The summed E-state index contributed by atoms with van der Waals surface area (Å²) in [5, 5.41) is 3.56. The number of methoxy groups -OCH3 is 1. The van der Waals surface area contributed by atoms with E-state index in [2.05, 4.69) is 56.1 Å². The van der Waals surface area contributed by atoms with E-state index >= 15 is 0 Å². The fourth-order valence-corrected chi connectivity index (χ4v) is 2.90. The van der Waals surface area contributed by atoms with Gasteiger partial charge in [0.25, 0.3) is 0 Å². The summed E-state index contributed by atoms with van der Waals surface area (Å²) < 4.78 is 5.53. The van der Waals surface area contributed by atoms with Gasteiger partial charge in [0.1, 0.15) is 5.75 Å². The molecule has 0 amide bonds. The van der Waals surface area contributed by atoms with Crippen LogP contribution in [0.5, 0.6) is 5.75 Å². The van der Waals surface area contributed by atoms with Crippen molar-refractivity contribution >= 4 is 0 Å². The fourth-order valence-electron chi connectivity index (χ4n) is 2.90. The van der Waals surface area contributed by atoms with Crippen LogP contribution in [0.25, 0.3) is 0 Å². The minimum Gasteiger partial charge on any atom is -0.496 e. The molecule has 1 heterocycles. The molecular formula is C17H28N2O. The molecule has 1 aromatic carbocycles. The number of nitrogens with zero attached hydrogens (tertiary/aromatic N) is 1. The minimum atomic E-state index is 0.196. The highest BCUT2D eigenvalue weighted by Crippen LogP contribution is 2.26. The van der Waals surface area contributed by atoms with Crippen molar-refractivity contribution in [1.82, 2.24) is 10.2 Å². The topological polar surface area (TPSA) is 24.5 Å². The smallest absolute Gasteiger partial charge is 0.123 e. The fraction of sp³-hybridized carbons (Fsp3) is 0.647. The Bertz CT molecular complexity index is 454. The maximum absolute atomic E-state index is 5.53. The number of benzene rings is 1. The van der Waals surface area contributed by atoms with Crippen molar-refractivity contribution in [2.45, 2.75) is 45.7 Å². The second-order valence-electron chi connectivity index (χ2n) is 6.75. The van der Waals surface area contributed by atoms with E-state index in [1.165, 1.54) is 11.1 Å². The van der Waals surface area contributed by atoms with Gasteiger partial charge in [0.05, 0.1) is 7.11 Å². The third-order valence-electron chi connectivity index (χ3n) is 4.02. The molecule has 0 saturated carbocycles. The van der Waals surface area contributed by atoms with Crippen molar-refractivity contribution in [3.05, 3.63) is 29.3 Å². The monoisotopic (exact) mass is 276 g/mol. The van der Waals surface area contributed by atoms with Gasteiger partial charge in [-0.3, -0.25) is 4.90 Å². The van der Waals surface area contributed by atoms with Crippen molar-refractivity contribution in [3.63, 3.8) is 0 Å². The van der Waals surface area contributed by atoms with E-state index in [-0.39, 0.29) is 5.54 Å². The lowest BCUT2D eigenvalue weighted by molar-refractivity contribution is 0.147. The Kier molecular flexibility index (Phi) is 4.71. The molecule has 1 N–H and O–H groups in total. The molecule has 0 spiro atoms. The van der Waals surface area contributed by atoms with E-state index < -0.39 is 0 Å². The van der Waals surface area contributed by atoms with E-state index in [0.717, 1.165) is 31.9 Å². The quantitative estimate of drug-likeness (QED) is 0.915. The summed E-state index contributed by atoms with van der Waals surface area (Å²) in [5.74, 6) is 1.56. The van der Waals surface area contributed by atoms with Crippen LogP contribution in [0.3, 0.4) is 0 Å². The Hall–Kier alpha value is -1.06. The molecule has 3 nitrogen and oxygen atoms in total. The Morgan fingerprint density at radius 1 is 1.35 bits per heavy atom. The highest BCUT2D eigenvalue weighted by molar-refractivity contribution is 5.38. The zero-order chi connectivity index (χ0) is 14.8. The Morgan fingerprint density at radius 3 is 2.70 bits per heavy atom. The Morgan fingerprint density at radius 2 is 2.10 bits per heavy atom. The van der Waals surface area contributed by atoms with E-state index in [4.69, 9.17) is 4.74 Å². The van der Waals surface area contributed by atoms with Crippen molar-refractivity contribution < 1.29 is 4.74 Å². The molecule has 0 bridgehead atoms. The van der Waals surface area contributed by atoms with Crippen molar-refractivity contribution in [1.29, 1.82) is 0 Å². The van der Waals surface area contributed by atoms with Crippen LogP contribution in [0.2, 0.25) is 0 Å². The molecule has 20 heavy (non-hydrogen) atoms. The molecule has 1 aromatic rings. The highest BCUT2D eigenvalue weighted by Gasteiger charge is 2.26. The van der Waals surface area contributed by atoms with Crippen LogP contribution in [0.15, 0.2) is 18.2 Å². The third-order valence-corrected chi connectivity index (χ3v) is 4.02. The van der Waals surface area contributed by atoms with Crippen LogP contribution in [0, 0.1) is 0 Å². The normalized spacial score (nSPS) is 19.3. The summed E-state index contributed by atoms with van der Waals surface area (Å²) in [5.41, 5.74) is 2.88. The molecule has 0 radical (unpaired) electrons. The molecule has 112 valence electrons. The average molecular weight is 276 g/mol. The number of nitrogens with one attached hydrogen (secondary N) is 1. The SMILES string of the molecule is COc1ccc(C(C)C)cc1CN1CCNC(C)(C)C1. The van der Waals surface area contributed by atoms with E-state index in [1.54, 1.807) is 7.11 Å². The molecule has 0 atom stereocenters. The van der Waals surface area contributed by atoms with Crippen molar-refractivity contribution in [3.8, 4) is 5.75 Å². The van der Waals surface area contributed by atoms with Gasteiger partial charge in [0.2, 0.25) is 0 Å². The number of hydrogen-bond acceptors (Lipinski definition) is 3. The maximum Gasteiger partial charge on any atom is 0.123 e. The van der Waals surface area contributed by atoms with E-state index in [1.807, 2.05) is 0 Å². The van der Waals surface area contributed by atoms with E-state index in [9.17, 15) is 0 Å². The second-order valence-corrected chi connectivity index (χ2v) is 6.75. The van der Waals surface area contributed by atoms with Gasteiger partial charge in [0, 0.05) is 37.3 Å². The van der Waals surface area contributed by atoms with Crippen molar-refractivity contribution in [2.24, 2.45) is 0 Å². The Balaban J connectivity index is 2.16. The summed E-state index contributed by atoms with van der Waals surface area (Å²) in [6, 6.07) is 6.59. The zero-order valence-corrected chi connectivity index (χ0v) is 13.5. The predicted octanol–water partition coefficient (Wildman–Crippen LogP) is 3.00. The first-order chi connectivity index (χ1) is 9.41. The highest BCUT2D eigenvalue weighted by atomic mass is 16.5. The van der Waals surface area contributed by atoms with E-state index in [0.29, 0.717) is 5.92 Å². The number of piperazine rings is 1. The van der Waals surface area contributed by atoms with Crippen LogP contribution in [-0.2, 0) is 6.54 Å². The van der Waals surface area contributed by atoms with Gasteiger partial charge >= 0.3 is 0 Å². The first kappa shape index (κ1) is 15.3. The van der Waals surface area contributed by atoms with Gasteiger partial charge in [-0.25, -0.2) is 0 Å². The second kappa shape index (κ2) is 6.15. The molecule has 1 aliphatic rings. The predicted molar refractivity (Wildman–Crippen MR) is 84.4 cm³/mol. The van der Waals surface area contributed by atoms with Gasteiger partial charge in [-0.2, -0.15) is 0 Å². The standard InChI is InChI=1S/C17H28N2O/c1-13(2)14-6-7-16(20-5)15(10-14)11-19-9-8-18-17(3,4)12-19/h6-7,10,13,18H,8-9,11-12H2,1-5H3. The molecule has 3 heteroatoms. The lowest BCUT2D eigenvalue weighted by atomic mass is 9.98. The zero-order valence-electron chi connectivity index (χ0n) is 13.5. The maximum atomic E-state index is 5.53. The van der Waals surface area contributed by atoms with Gasteiger partial charge in [-0.15, -0.1) is 0 Å². The largest absolute Gasteiger partial charge is 0.496 e. The average Bonchev–Trinajstić information content (AvgIpc) is 2.37. The molecule has 0 aromatic heterocycles. The van der Waals surface area contributed by atoms with Crippen LogP contribution < -0.4 is 10.1 Å². The molecule has 0 aliphatic carbocycles. The number of ether oxygens (including phenoxy) is 1. The van der Waals surface area contributed by atoms with Gasteiger partial charge < -0.3 is 10.1 Å². The lowest BCUT2D eigenvalue weighted by Gasteiger charge is -2.39. The number of rotatable bonds is 4. The molecule has 0 unspecified atom stereocenters. The summed E-state index contributed by atoms with van der Waals surface area (Å²) >= 11 is 0. The molecule has 1 fully saturated rings. The third kappa shape index (κ3) is 3.74. The summed E-state index contributed by atoms with van der Waals surface area (Å²) in [6.07, 6.45) is 0. The summed E-state index contributed by atoms with van der Waals surface area (Å²) in [4.78, 5) is 2.51. The van der Waals surface area contributed by atoms with Gasteiger partial charge in [-0.05, 0) is 31.4 Å². The molecule has 1 aliphatic heterocycles. The molecule has 2 rings (SSSR count). The Labute approximate surface area is 123 Å². The van der Waals surface area contributed by atoms with Crippen LogP contribution in [-0.4, -0.2) is 37.2 Å². The van der Waals surface area contributed by atoms with Gasteiger partial charge in [0.15, 0.2) is 0 Å². The van der Waals surface area contributed by atoms with Crippen LogP contribution in [0.4, 0.5) is 0 Å².